The first-order valence-electron chi connectivity index (χ1n) is 6.48. The minimum Gasteiger partial charge on any atom is -0.459 e. The van der Waals surface area contributed by atoms with Gasteiger partial charge in [0.05, 0.1) is 12.1 Å². The van der Waals surface area contributed by atoms with Crippen LogP contribution in [0.5, 0.6) is 0 Å². The molecule has 0 spiro atoms. The Morgan fingerprint density at radius 2 is 1.94 bits per heavy atom. The third kappa shape index (κ3) is 2.92. The lowest BCUT2D eigenvalue weighted by Crippen LogP contribution is -2.32. The maximum absolute atomic E-state index is 9.77. The van der Waals surface area contributed by atoms with Crippen molar-refractivity contribution in [2.24, 2.45) is 5.92 Å². The molecule has 3 heteroatoms. The van der Waals surface area contributed by atoms with Crippen LogP contribution in [0.1, 0.15) is 32.6 Å². The molecule has 0 amide bonds. The molecule has 0 radical (unpaired) electrons. The van der Waals surface area contributed by atoms with E-state index in [4.69, 9.17) is 4.42 Å². The van der Waals surface area contributed by atoms with Crippen molar-refractivity contribution in [3.8, 4) is 0 Å². The molecular formula is C15H21NO2. The van der Waals surface area contributed by atoms with E-state index in [2.05, 4.69) is 11.4 Å². The first-order chi connectivity index (χ1) is 8.58. The van der Waals surface area contributed by atoms with Crippen molar-refractivity contribution in [2.75, 3.05) is 6.54 Å². The van der Waals surface area contributed by atoms with Crippen molar-refractivity contribution in [3.63, 3.8) is 0 Å². The lowest BCUT2D eigenvalue weighted by atomic mass is 10.1. The highest BCUT2D eigenvalue weighted by Crippen LogP contribution is 2.23. The first kappa shape index (κ1) is 13.1. The Labute approximate surface area is 108 Å². The summed E-state index contributed by atoms with van der Waals surface area (Å²) in [5, 5.41) is 14.2. The van der Waals surface area contributed by atoms with E-state index >= 15 is 0 Å². The highest BCUT2D eigenvalue weighted by atomic mass is 16.3. The van der Waals surface area contributed by atoms with Crippen LogP contribution in [0.3, 0.4) is 0 Å². The number of para-hydroxylation sites is 1. The number of hydrogen-bond donors (Lipinski definition) is 2. The van der Waals surface area contributed by atoms with Gasteiger partial charge in [0.15, 0.2) is 0 Å². The van der Waals surface area contributed by atoms with Crippen LogP contribution in [-0.4, -0.2) is 17.8 Å². The number of aliphatic hydroxyl groups excluding tert-OH is 1. The fraction of sp³-hybridized carbons (Fsp3) is 0.467. The van der Waals surface area contributed by atoms with Gasteiger partial charge in [-0.1, -0.05) is 32.0 Å². The summed E-state index contributed by atoms with van der Waals surface area (Å²) in [6.07, 6.45) is -0.322. The van der Waals surface area contributed by atoms with Crippen LogP contribution in [0.4, 0.5) is 0 Å². The van der Waals surface area contributed by atoms with E-state index in [0.29, 0.717) is 6.54 Å². The SMILES string of the molecule is CC(NCC(O)C(C)C)c1cc2ccccc2o1. The lowest BCUT2D eigenvalue weighted by molar-refractivity contribution is 0.120. The number of rotatable bonds is 5. The number of aliphatic hydroxyl groups is 1. The fourth-order valence-corrected chi connectivity index (χ4v) is 1.85. The number of fused-ring (bicyclic) bond motifs is 1. The largest absolute Gasteiger partial charge is 0.459 e. The second-order valence-corrected chi connectivity index (χ2v) is 5.13. The second-order valence-electron chi connectivity index (χ2n) is 5.13. The zero-order valence-electron chi connectivity index (χ0n) is 11.2. The van der Waals surface area contributed by atoms with Gasteiger partial charge in [0.25, 0.3) is 0 Å². The van der Waals surface area contributed by atoms with Crippen LogP contribution in [0, 0.1) is 5.92 Å². The molecule has 0 aliphatic rings. The summed E-state index contributed by atoms with van der Waals surface area (Å²) in [7, 11) is 0. The van der Waals surface area contributed by atoms with Crippen molar-refractivity contribution >= 4 is 11.0 Å². The van der Waals surface area contributed by atoms with Gasteiger partial charge in [-0.25, -0.2) is 0 Å². The van der Waals surface area contributed by atoms with E-state index in [1.807, 2.05) is 45.0 Å². The maximum atomic E-state index is 9.77. The Hall–Kier alpha value is -1.32. The summed E-state index contributed by atoms with van der Waals surface area (Å²) in [5.41, 5.74) is 0.908. The Balaban J connectivity index is 2.02. The standard InChI is InChI=1S/C15H21NO2/c1-10(2)13(17)9-16-11(3)15-8-12-6-4-5-7-14(12)18-15/h4-8,10-11,13,16-17H,9H2,1-3H3. The smallest absolute Gasteiger partial charge is 0.134 e. The van der Waals surface area contributed by atoms with Crippen LogP contribution in [0.15, 0.2) is 34.7 Å². The zero-order valence-corrected chi connectivity index (χ0v) is 11.2. The molecule has 18 heavy (non-hydrogen) atoms. The predicted octanol–water partition coefficient (Wildman–Crippen LogP) is 3.10. The summed E-state index contributed by atoms with van der Waals surface area (Å²) in [6.45, 7) is 6.65. The van der Waals surface area contributed by atoms with Gasteiger partial charge in [-0.2, -0.15) is 0 Å². The van der Waals surface area contributed by atoms with Crippen molar-refractivity contribution in [1.82, 2.24) is 5.32 Å². The summed E-state index contributed by atoms with van der Waals surface area (Å²) >= 11 is 0. The topological polar surface area (TPSA) is 45.4 Å². The van der Waals surface area contributed by atoms with Crippen LogP contribution in [0.2, 0.25) is 0 Å². The Morgan fingerprint density at radius 3 is 2.61 bits per heavy atom. The predicted molar refractivity (Wildman–Crippen MR) is 73.5 cm³/mol. The van der Waals surface area contributed by atoms with Gasteiger partial charge in [-0.05, 0) is 25.0 Å². The number of nitrogens with one attached hydrogen (secondary N) is 1. The first-order valence-corrected chi connectivity index (χ1v) is 6.48. The molecule has 2 unspecified atom stereocenters. The average Bonchev–Trinajstić information content (AvgIpc) is 2.79. The minimum absolute atomic E-state index is 0.103. The van der Waals surface area contributed by atoms with Gasteiger partial charge in [0.1, 0.15) is 11.3 Å². The molecule has 0 fully saturated rings. The minimum atomic E-state index is -0.322. The number of furan rings is 1. The highest BCUT2D eigenvalue weighted by Gasteiger charge is 2.14. The zero-order chi connectivity index (χ0) is 13.1. The van der Waals surface area contributed by atoms with Gasteiger partial charge in [0.2, 0.25) is 0 Å². The Kier molecular flexibility index (Phi) is 4.04. The summed E-state index contributed by atoms with van der Waals surface area (Å²) in [5.74, 6) is 1.17. The van der Waals surface area contributed by atoms with Crippen molar-refractivity contribution in [1.29, 1.82) is 0 Å². The highest BCUT2D eigenvalue weighted by molar-refractivity contribution is 5.77. The quantitative estimate of drug-likeness (QED) is 0.853. The number of benzene rings is 1. The van der Waals surface area contributed by atoms with Crippen LogP contribution in [-0.2, 0) is 0 Å². The molecule has 0 bridgehead atoms. The molecule has 2 rings (SSSR count). The van der Waals surface area contributed by atoms with Crippen molar-refractivity contribution in [2.45, 2.75) is 32.9 Å². The van der Waals surface area contributed by atoms with E-state index < -0.39 is 0 Å². The van der Waals surface area contributed by atoms with Crippen molar-refractivity contribution in [3.05, 3.63) is 36.1 Å². The fourth-order valence-electron chi connectivity index (χ4n) is 1.85. The average molecular weight is 247 g/mol. The molecule has 1 aromatic carbocycles. The van der Waals surface area contributed by atoms with E-state index in [9.17, 15) is 5.11 Å². The maximum Gasteiger partial charge on any atom is 0.134 e. The van der Waals surface area contributed by atoms with Crippen LogP contribution < -0.4 is 5.32 Å². The molecular weight excluding hydrogens is 226 g/mol. The molecule has 0 aliphatic carbocycles. The van der Waals surface area contributed by atoms with Crippen molar-refractivity contribution < 1.29 is 9.52 Å². The molecule has 0 saturated heterocycles. The summed E-state index contributed by atoms with van der Waals surface area (Å²) in [4.78, 5) is 0. The monoisotopic (exact) mass is 247 g/mol. The summed E-state index contributed by atoms with van der Waals surface area (Å²) in [6, 6.07) is 10.1. The number of hydrogen-bond acceptors (Lipinski definition) is 3. The van der Waals surface area contributed by atoms with Gasteiger partial charge >= 0.3 is 0 Å². The molecule has 3 nitrogen and oxygen atoms in total. The molecule has 2 N–H and O–H groups in total. The van der Waals surface area contributed by atoms with Crippen LogP contribution in [0.25, 0.3) is 11.0 Å². The van der Waals surface area contributed by atoms with Gasteiger partial charge < -0.3 is 14.8 Å². The normalized spacial score (nSPS) is 15.2. The molecule has 98 valence electrons. The van der Waals surface area contributed by atoms with E-state index in [0.717, 1.165) is 16.7 Å². The van der Waals surface area contributed by atoms with Crippen LogP contribution >= 0.6 is 0 Å². The third-order valence-corrected chi connectivity index (χ3v) is 3.27. The lowest BCUT2D eigenvalue weighted by Gasteiger charge is -2.18. The Morgan fingerprint density at radius 1 is 1.22 bits per heavy atom. The molecule has 1 aromatic heterocycles. The van der Waals surface area contributed by atoms with E-state index in [1.54, 1.807) is 0 Å². The Bertz CT molecular complexity index is 471. The second kappa shape index (κ2) is 5.55. The van der Waals surface area contributed by atoms with Gasteiger partial charge in [0, 0.05) is 11.9 Å². The molecule has 0 aliphatic heterocycles. The molecule has 1 heterocycles. The summed E-state index contributed by atoms with van der Waals surface area (Å²) < 4.78 is 5.78. The molecule has 2 atom stereocenters. The molecule has 2 aromatic rings. The van der Waals surface area contributed by atoms with Gasteiger partial charge in [-0.15, -0.1) is 0 Å². The van der Waals surface area contributed by atoms with E-state index in [-0.39, 0.29) is 18.1 Å². The van der Waals surface area contributed by atoms with Gasteiger partial charge in [-0.3, -0.25) is 0 Å². The third-order valence-electron chi connectivity index (χ3n) is 3.27. The van der Waals surface area contributed by atoms with E-state index in [1.165, 1.54) is 0 Å². The molecule has 0 saturated carbocycles.